The molecule has 5 nitrogen and oxygen atoms in total. The molecule has 0 spiro atoms. The average molecular weight is 344 g/mol. The van der Waals surface area contributed by atoms with Gasteiger partial charge in [0, 0.05) is 5.92 Å². The Hall–Kier alpha value is -0.606. The van der Waals surface area contributed by atoms with Gasteiger partial charge in [-0.15, -0.1) is 0 Å². The smallest absolute Gasteiger partial charge is 0.649 e. The van der Waals surface area contributed by atoms with Crippen LogP contribution in [0, 0.1) is 12.8 Å². The Kier molecular flexibility index (Phi) is 12.9. The molecule has 2 atom stereocenters. The monoisotopic (exact) mass is 343 g/mol. The van der Waals surface area contributed by atoms with E-state index in [0.717, 1.165) is 44.2 Å². The van der Waals surface area contributed by atoms with E-state index in [1.165, 1.54) is 6.47 Å². The first kappa shape index (κ1) is 22.7. The third-order valence-corrected chi connectivity index (χ3v) is 3.07. The van der Waals surface area contributed by atoms with Crippen molar-refractivity contribution in [2.24, 2.45) is 11.1 Å². The maximum absolute atomic E-state index is 9.68. The maximum atomic E-state index is 9.68. The number of ether oxygens (including phenoxy) is 1. The van der Waals surface area contributed by atoms with Crippen LogP contribution in [0.25, 0.3) is 0 Å². The Morgan fingerprint density at radius 2 is 2.10 bits per heavy atom. The van der Waals surface area contributed by atoms with E-state index >= 15 is 0 Å². The van der Waals surface area contributed by atoms with Crippen molar-refractivity contribution in [3.05, 3.63) is 6.92 Å². The summed E-state index contributed by atoms with van der Waals surface area (Å²) in [5, 5.41) is 21.7. The molecule has 0 radical (unpaired) electrons. The Morgan fingerprint density at radius 3 is 2.48 bits per heavy atom. The van der Waals surface area contributed by atoms with Crippen LogP contribution in [0.1, 0.15) is 59.3 Å². The fourth-order valence-corrected chi connectivity index (χ4v) is 2.07. The van der Waals surface area contributed by atoms with Crippen molar-refractivity contribution in [3.63, 3.8) is 0 Å². The summed E-state index contributed by atoms with van der Waals surface area (Å²) in [7, 11) is 0. The van der Waals surface area contributed by atoms with Gasteiger partial charge in [0.25, 0.3) is 0 Å². The summed E-state index contributed by atoms with van der Waals surface area (Å²) >= 11 is 0. The molecule has 0 unspecified atom stereocenters. The molecular weight excluding hydrogens is 317 g/mol. The van der Waals surface area contributed by atoms with Crippen LogP contribution in [-0.4, -0.2) is 34.2 Å². The summed E-state index contributed by atoms with van der Waals surface area (Å²) in [4.78, 5) is 9.47. The van der Waals surface area contributed by atoms with Crippen LogP contribution >= 0.6 is 0 Å². The molecule has 1 saturated carbocycles. The van der Waals surface area contributed by atoms with Crippen LogP contribution in [0.4, 0.5) is 0 Å². The summed E-state index contributed by atoms with van der Waals surface area (Å²) in [5.41, 5.74) is 0.397. The zero-order valence-corrected chi connectivity index (χ0v) is 14.1. The number of aliphatic hydroxyl groups excluding tert-OH is 1. The predicted molar refractivity (Wildman–Crippen MR) is 78.3 cm³/mol. The van der Waals surface area contributed by atoms with Crippen molar-refractivity contribution in [1.29, 1.82) is 0 Å². The fourth-order valence-electron chi connectivity index (χ4n) is 2.07. The van der Waals surface area contributed by atoms with Crippen molar-refractivity contribution in [3.8, 4) is 0 Å². The summed E-state index contributed by atoms with van der Waals surface area (Å²) in [6.07, 6.45) is 5.04. The molecule has 126 valence electrons. The number of oxime groups is 1. The normalized spacial score (nSPS) is 23.6. The molecule has 0 amide bonds. The first-order valence-corrected chi connectivity index (χ1v) is 7.09. The zero-order valence-electron chi connectivity index (χ0n) is 13.1. The van der Waals surface area contributed by atoms with E-state index in [1.54, 1.807) is 20.8 Å². The van der Waals surface area contributed by atoms with Gasteiger partial charge in [-0.2, -0.15) is 6.42 Å². The minimum Gasteiger partial charge on any atom is -0.649 e. The van der Waals surface area contributed by atoms with Crippen LogP contribution < -0.4 is 0 Å². The van der Waals surface area contributed by atoms with Gasteiger partial charge in [0.2, 0.25) is 0 Å². The van der Waals surface area contributed by atoms with E-state index in [4.69, 9.17) is 5.21 Å². The number of unbranched alkanes of at least 4 members (excludes halogenated alkanes) is 1. The molecule has 1 aliphatic rings. The third kappa shape index (κ3) is 10.7. The molecule has 1 rings (SSSR count). The van der Waals surface area contributed by atoms with Crippen molar-refractivity contribution in [1.82, 2.24) is 0 Å². The van der Waals surface area contributed by atoms with Gasteiger partial charge in [0.1, 0.15) is 0 Å². The van der Waals surface area contributed by atoms with E-state index in [2.05, 4.69) is 16.8 Å². The predicted octanol–water partition coefficient (Wildman–Crippen LogP) is 2.85. The second-order valence-electron chi connectivity index (χ2n) is 5.95. The van der Waals surface area contributed by atoms with Crippen molar-refractivity contribution >= 4 is 12.2 Å². The summed E-state index contributed by atoms with van der Waals surface area (Å²) in [6, 6.07) is 0. The van der Waals surface area contributed by atoms with Gasteiger partial charge in [-0.25, -0.2) is 0 Å². The molecular formula is C15H27NNiO4. The Labute approximate surface area is 138 Å². The molecule has 0 heterocycles. The molecule has 0 aromatic rings. The second kappa shape index (κ2) is 12.0. The van der Waals surface area contributed by atoms with Crippen LogP contribution in [0.15, 0.2) is 5.16 Å². The molecule has 0 aromatic heterocycles. The molecule has 2 N–H and O–H groups in total. The van der Waals surface area contributed by atoms with Gasteiger partial charge in [-0.1, -0.05) is 18.0 Å². The standard InChI is InChI=1S/C10H18NO2.C5H9O2.Ni/c1-2-3-5-8-9(11-13)6-4-7-10(8)12;1-5(2,3)7-4-6;/h8,10,12-13H,1-7H2;1-3H3;/q2*-1;+2/b11-9-;;/t8-,10+;;/m0../s1. The number of hydrogen-bond acceptors (Lipinski definition) is 5. The first-order chi connectivity index (χ1) is 9.35. The minimum absolute atomic E-state index is 0. The quantitative estimate of drug-likeness (QED) is 0.356. The van der Waals surface area contributed by atoms with Crippen molar-refractivity contribution < 1.29 is 36.3 Å². The van der Waals surface area contributed by atoms with Gasteiger partial charge in [-0.3, -0.25) is 0 Å². The summed E-state index contributed by atoms with van der Waals surface area (Å²) in [6.45, 7) is 10.5. The molecule has 21 heavy (non-hydrogen) atoms. The molecule has 1 aliphatic carbocycles. The van der Waals surface area contributed by atoms with Crippen molar-refractivity contribution in [2.75, 3.05) is 0 Å². The molecule has 0 saturated heterocycles. The van der Waals surface area contributed by atoms with Gasteiger partial charge in [0.05, 0.1) is 17.4 Å². The van der Waals surface area contributed by atoms with Crippen LogP contribution in [0.5, 0.6) is 0 Å². The summed E-state index contributed by atoms with van der Waals surface area (Å²) in [5.74, 6) is 0.0699. The zero-order chi connectivity index (χ0) is 15.6. The topological polar surface area (TPSA) is 79.1 Å². The van der Waals surface area contributed by atoms with Gasteiger partial charge < -0.3 is 26.8 Å². The third-order valence-electron chi connectivity index (χ3n) is 3.07. The largest absolute Gasteiger partial charge is 2.00 e. The second-order valence-corrected chi connectivity index (χ2v) is 5.95. The number of aliphatic hydroxyl groups is 1. The molecule has 0 bridgehead atoms. The number of hydrogen-bond donors (Lipinski definition) is 2. The minimum atomic E-state index is -0.373. The number of rotatable bonds is 4. The van der Waals surface area contributed by atoms with E-state index in [1.807, 2.05) is 0 Å². The van der Waals surface area contributed by atoms with E-state index in [9.17, 15) is 9.90 Å². The van der Waals surface area contributed by atoms with E-state index in [-0.39, 0.29) is 34.1 Å². The number of nitrogens with zero attached hydrogens (tertiary/aromatic N) is 1. The van der Waals surface area contributed by atoms with E-state index < -0.39 is 0 Å². The molecule has 1 fully saturated rings. The first-order valence-electron chi connectivity index (χ1n) is 7.09. The maximum Gasteiger partial charge on any atom is 2.00 e. The average Bonchev–Trinajstić information content (AvgIpc) is 2.36. The fraction of sp³-hybridized carbons (Fsp3) is 0.800. The number of carbonyl (C=O) groups excluding carboxylic acids is 1. The van der Waals surface area contributed by atoms with Crippen LogP contribution in [0.3, 0.4) is 0 Å². The van der Waals surface area contributed by atoms with Crippen LogP contribution in [0.2, 0.25) is 0 Å². The van der Waals surface area contributed by atoms with Gasteiger partial charge in [-0.05, 0) is 46.5 Å². The Balaban J connectivity index is 0. The van der Waals surface area contributed by atoms with Crippen LogP contribution in [-0.2, 0) is 26.0 Å². The Bertz CT molecular complexity index is 303. The molecule has 0 aliphatic heterocycles. The SMILES string of the molecule is CC(C)(C)O[C-]=O.[CH2-]CCC[C@H]1/C(=N\O)CCC[C@H]1O.[Ni+2]. The van der Waals surface area contributed by atoms with Crippen molar-refractivity contribution in [2.45, 2.75) is 71.0 Å². The Morgan fingerprint density at radius 1 is 1.48 bits per heavy atom. The molecule has 0 aromatic carbocycles. The summed E-state index contributed by atoms with van der Waals surface area (Å²) < 4.78 is 4.42. The molecule has 6 heteroatoms. The van der Waals surface area contributed by atoms with E-state index in [0.29, 0.717) is 0 Å². The van der Waals surface area contributed by atoms with Gasteiger partial charge in [0.15, 0.2) is 0 Å². The van der Waals surface area contributed by atoms with Gasteiger partial charge >= 0.3 is 16.5 Å².